The summed E-state index contributed by atoms with van der Waals surface area (Å²) in [6.45, 7) is 3.99. The van der Waals surface area contributed by atoms with Crippen LogP contribution in [0.1, 0.15) is 76.7 Å². The molecule has 5 heteroatoms. The summed E-state index contributed by atoms with van der Waals surface area (Å²) >= 11 is 5.91. The molecule has 0 N–H and O–H groups in total. The number of carbonyl (C=O) groups excluding carboxylic acids is 1. The van der Waals surface area contributed by atoms with E-state index in [1.165, 1.54) is 44.9 Å². The minimum absolute atomic E-state index is 0.0811. The SMILES string of the molecule is CCCCCCCCCCCC(=O)Oc1ccc2c(C)c(Cl)c(=O)oc2c1. The highest BCUT2D eigenvalue weighted by Gasteiger charge is 2.11. The van der Waals surface area contributed by atoms with Gasteiger partial charge in [0.1, 0.15) is 16.4 Å². The zero-order valence-electron chi connectivity index (χ0n) is 16.3. The van der Waals surface area contributed by atoms with Gasteiger partial charge in [0.25, 0.3) is 0 Å². The fourth-order valence-electron chi connectivity index (χ4n) is 3.14. The van der Waals surface area contributed by atoms with Gasteiger partial charge in [-0.1, -0.05) is 69.9 Å². The maximum absolute atomic E-state index is 12.0. The first kappa shape index (κ1) is 21.5. The Balaban J connectivity index is 1.74. The Kier molecular flexibility index (Phi) is 8.86. The van der Waals surface area contributed by atoms with Crippen LogP contribution in [0.5, 0.6) is 5.75 Å². The van der Waals surface area contributed by atoms with Crippen molar-refractivity contribution in [3.8, 4) is 5.75 Å². The number of ether oxygens (including phenoxy) is 1. The molecule has 0 saturated carbocycles. The zero-order chi connectivity index (χ0) is 19.6. The van der Waals surface area contributed by atoms with E-state index in [2.05, 4.69) is 6.92 Å². The van der Waals surface area contributed by atoms with Crippen LogP contribution in [0.25, 0.3) is 11.0 Å². The summed E-state index contributed by atoms with van der Waals surface area (Å²) in [5.74, 6) is 0.124. The monoisotopic (exact) mass is 392 g/mol. The van der Waals surface area contributed by atoms with Gasteiger partial charge in [-0.05, 0) is 31.0 Å². The average molecular weight is 393 g/mol. The van der Waals surface area contributed by atoms with Gasteiger partial charge in [-0.3, -0.25) is 4.79 Å². The van der Waals surface area contributed by atoms with Gasteiger partial charge < -0.3 is 9.15 Å². The van der Waals surface area contributed by atoms with Crippen molar-refractivity contribution in [2.24, 2.45) is 0 Å². The molecule has 0 spiro atoms. The summed E-state index contributed by atoms with van der Waals surface area (Å²) in [5.41, 5.74) is 0.450. The second-order valence-corrected chi connectivity index (χ2v) is 7.42. The fourth-order valence-corrected chi connectivity index (χ4v) is 3.28. The van der Waals surface area contributed by atoms with Gasteiger partial charge in [-0.2, -0.15) is 0 Å². The van der Waals surface area contributed by atoms with Crippen LogP contribution in [0.3, 0.4) is 0 Å². The minimum Gasteiger partial charge on any atom is -0.426 e. The number of benzene rings is 1. The number of fused-ring (bicyclic) bond motifs is 1. The molecule has 2 rings (SSSR count). The highest BCUT2D eigenvalue weighted by Crippen LogP contribution is 2.26. The van der Waals surface area contributed by atoms with Gasteiger partial charge >= 0.3 is 11.6 Å². The van der Waals surface area contributed by atoms with Crippen molar-refractivity contribution < 1.29 is 13.9 Å². The van der Waals surface area contributed by atoms with Gasteiger partial charge in [0, 0.05) is 17.9 Å². The number of hydrogen-bond donors (Lipinski definition) is 0. The number of esters is 1. The lowest BCUT2D eigenvalue weighted by Crippen LogP contribution is -2.08. The van der Waals surface area contributed by atoms with E-state index >= 15 is 0 Å². The molecule has 4 nitrogen and oxygen atoms in total. The molecule has 0 radical (unpaired) electrons. The number of carbonyl (C=O) groups is 1. The predicted octanol–water partition coefficient (Wildman–Crippen LogP) is 6.58. The van der Waals surface area contributed by atoms with Crippen LogP contribution in [0.2, 0.25) is 5.02 Å². The maximum atomic E-state index is 12.0. The molecule has 0 amide bonds. The third-order valence-corrected chi connectivity index (χ3v) is 5.22. The molecule has 0 aliphatic carbocycles. The standard InChI is InChI=1S/C22H29ClO4/c1-3-4-5-6-7-8-9-10-11-12-20(24)26-17-13-14-18-16(2)21(23)22(25)27-19(18)15-17/h13-15H,3-12H2,1-2H3. The summed E-state index contributed by atoms with van der Waals surface area (Å²) in [7, 11) is 0. The fraction of sp³-hybridized carbons (Fsp3) is 0.545. The van der Waals surface area contributed by atoms with Gasteiger partial charge in [0.15, 0.2) is 0 Å². The molecule has 2 aromatic rings. The number of aryl methyl sites for hydroxylation is 1. The zero-order valence-corrected chi connectivity index (χ0v) is 17.1. The lowest BCUT2D eigenvalue weighted by molar-refractivity contribution is -0.134. The Morgan fingerprint density at radius 2 is 1.67 bits per heavy atom. The number of hydrogen-bond acceptors (Lipinski definition) is 4. The maximum Gasteiger partial charge on any atom is 0.355 e. The summed E-state index contributed by atoms with van der Waals surface area (Å²) in [4.78, 5) is 23.7. The Bertz CT molecular complexity index is 810. The number of rotatable bonds is 11. The van der Waals surface area contributed by atoms with Gasteiger partial charge in [0.05, 0.1) is 0 Å². The van der Waals surface area contributed by atoms with Gasteiger partial charge in [-0.15, -0.1) is 0 Å². The molecule has 0 saturated heterocycles. The van der Waals surface area contributed by atoms with Crippen LogP contribution in [-0.4, -0.2) is 5.97 Å². The van der Waals surface area contributed by atoms with Crippen molar-refractivity contribution in [3.63, 3.8) is 0 Å². The number of halogens is 1. The van der Waals surface area contributed by atoms with Crippen molar-refractivity contribution in [1.29, 1.82) is 0 Å². The van der Waals surface area contributed by atoms with Crippen LogP contribution < -0.4 is 10.4 Å². The molecule has 148 valence electrons. The van der Waals surface area contributed by atoms with Crippen molar-refractivity contribution in [2.45, 2.75) is 78.1 Å². The normalized spacial score (nSPS) is 11.1. The molecular weight excluding hydrogens is 364 g/mol. The summed E-state index contributed by atoms with van der Waals surface area (Å²) in [6, 6.07) is 5.01. The quantitative estimate of drug-likeness (QED) is 0.187. The molecule has 1 heterocycles. The first-order valence-electron chi connectivity index (χ1n) is 9.96. The molecule has 0 fully saturated rings. The Morgan fingerprint density at radius 1 is 1.04 bits per heavy atom. The number of unbranched alkanes of at least 4 members (excludes halogenated alkanes) is 8. The van der Waals surface area contributed by atoms with Crippen LogP contribution in [0.15, 0.2) is 27.4 Å². The van der Waals surface area contributed by atoms with E-state index in [0.717, 1.165) is 18.2 Å². The van der Waals surface area contributed by atoms with Crippen LogP contribution in [0.4, 0.5) is 0 Å². The lowest BCUT2D eigenvalue weighted by atomic mass is 10.1. The van der Waals surface area contributed by atoms with Gasteiger partial charge in [-0.25, -0.2) is 4.79 Å². The molecule has 0 bridgehead atoms. The van der Waals surface area contributed by atoms with Crippen molar-refractivity contribution >= 4 is 28.5 Å². The van der Waals surface area contributed by atoms with Crippen molar-refractivity contribution in [2.75, 3.05) is 0 Å². The molecule has 1 aromatic heterocycles. The minimum atomic E-state index is -0.583. The highest BCUT2D eigenvalue weighted by atomic mass is 35.5. The smallest absolute Gasteiger partial charge is 0.355 e. The van der Waals surface area contributed by atoms with E-state index in [0.29, 0.717) is 23.3 Å². The van der Waals surface area contributed by atoms with E-state index in [9.17, 15) is 9.59 Å². The third-order valence-electron chi connectivity index (χ3n) is 4.78. The molecular formula is C22H29ClO4. The van der Waals surface area contributed by atoms with E-state index in [4.69, 9.17) is 20.8 Å². The van der Waals surface area contributed by atoms with E-state index < -0.39 is 5.63 Å². The topological polar surface area (TPSA) is 56.5 Å². The molecule has 0 aliphatic heterocycles. The van der Waals surface area contributed by atoms with Crippen LogP contribution >= 0.6 is 11.6 Å². The van der Waals surface area contributed by atoms with Crippen LogP contribution in [-0.2, 0) is 4.79 Å². The molecule has 1 aromatic carbocycles. The third kappa shape index (κ3) is 6.69. The molecule has 27 heavy (non-hydrogen) atoms. The molecule has 0 unspecified atom stereocenters. The second-order valence-electron chi connectivity index (χ2n) is 7.04. The largest absolute Gasteiger partial charge is 0.426 e. The lowest BCUT2D eigenvalue weighted by Gasteiger charge is -2.07. The Labute approximate surface area is 165 Å². The summed E-state index contributed by atoms with van der Waals surface area (Å²) < 4.78 is 10.5. The Morgan fingerprint density at radius 3 is 2.33 bits per heavy atom. The van der Waals surface area contributed by atoms with E-state index in [1.807, 2.05) is 0 Å². The van der Waals surface area contributed by atoms with Crippen LogP contribution in [0, 0.1) is 6.92 Å². The van der Waals surface area contributed by atoms with Gasteiger partial charge in [0.2, 0.25) is 0 Å². The summed E-state index contributed by atoms with van der Waals surface area (Å²) in [6.07, 6.45) is 11.2. The van der Waals surface area contributed by atoms with E-state index in [1.54, 1.807) is 25.1 Å². The van der Waals surface area contributed by atoms with Crippen molar-refractivity contribution in [3.05, 3.63) is 39.2 Å². The predicted molar refractivity (Wildman–Crippen MR) is 110 cm³/mol. The Hall–Kier alpha value is -1.81. The molecule has 0 atom stereocenters. The van der Waals surface area contributed by atoms with Crippen molar-refractivity contribution in [1.82, 2.24) is 0 Å². The second kappa shape index (κ2) is 11.1. The summed E-state index contributed by atoms with van der Waals surface area (Å²) in [5, 5.41) is 0.816. The molecule has 0 aliphatic rings. The first-order valence-corrected chi connectivity index (χ1v) is 10.3. The average Bonchev–Trinajstić information content (AvgIpc) is 2.65. The highest BCUT2D eigenvalue weighted by molar-refractivity contribution is 6.31. The van der Waals surface area contributed by atoms with E-state index in [-0.39, 0.29) is 11.0 Å². The first-order chi connectivity index (χ1) is 13.0.